The predicted octanol–water partition coefficient (Wildman–Crippen LogP) is 1.63. The maximum absolute atomic E-state index is 5.84. The van der Waals surface area contributed by atoms with Gasteiger partial charge in [0.1, 0.15) is 11.5 Å². The van der Waals surface area contributed by atoms with E-state index in [1.54, 1.807) is 0 Å². The van der Waals surface area contributed by atoms with Gasteiger partial charge in [-0.2, -0.15) is 0 Å². The molecular weight excluding hydrogens is 344 g/mol. The Hall–Kier alpha value is 0.0701. The molecule has 0 spiro atoms. The Balaban J connectivity index is 0.00000106. The van der Waals surface area contributed by atoms with Crippen LogP contribution in [0.25, 0.3) is 0 Å². The van der Waals surface area contributed by atoms with Crippen LogP contribution in [0, 0.1) is 14.4 Å². The van der Waals surface area contributed by atoms with Crippen LogP contribution < -0.4 is 68.4 Å². The van der Waals surface area contributed by atoms with Gasteiger partial charge in [0.15, 0.2) is 0 Å². The summed E-state index contributed by atoms with van der Waals surface area (Å²) in [4.78, 5) is 0. The van der Waals surface area contributed by atoms with Gasteiger partial charge in [0.05, 0.1) is 6.61 Å². The monoisotopic (exact) mass is 368 g/mol. The van der Waals surface area contributed by atoms with Gasteiger partial charge in [0.25, 0.3) is 0 Å². The SMILES string of the molecule is CB1OCc2cc(Oc3ccc(C)cc3)ccc21.CC.[CH3-].[Rb+]. The van der Waals surface area contributed by atoms with Crippen molar-refractivity contribution in [3.63, 3.8) is 0 Å². The Kier molecular flexibility index (Phi) is 10.8. The van der Waals surface area contributed by atoms with Crippen LogP contribution in [0.5, 0.6) is 11.5 Å². The number of hydrogen-bond donors (Lipinski definition) is 0. The Labute approximate surface area is 184 Å². The van der Waals surface area contributed by atoms with E-state index in [0.717, 1.165) is 11.5 Å². The van der Waals surface area contributed by atoms with Gasteiger partial charge in [0, 0.05) is 0 Å². The molecule has 0 amide bonds. The maximum atomic E-state index is 5.84. The molecule has 112 valence electrons. The summed E-state index contributed by atoms with van der Waals surface area (Å²) < 4.78 is 11.4. The van der Waals surface area contributed by atoms with Gasteiger partial charge in [0.2, 0.25) is 0 Å². The largest absolute Gasteiger partial charge is 1.00 e. The molecule has 0 radical (unpaired) electrons. The maximum Gasteiger partial charge on any atom is 1.00 e. The van der Waals surface area contributed by atoms with Crippen LogP contribution >= 0.6 is 0 Å². The fourth-order valence-corrected chi connectivity index (χ4v) is 2.21. The fourth-order valence-electron chi connectivity index (χ4n) is 2.21. The van der Waals surface area contributed by atoms with E-state index in [-0.39, 0.29) is 72.5 Å². The Morgan fingerprint density at radius 3 is 2.23 bits per heavy atom. The minimum absolute atomic E-state index is 0. The number of hydrogen-bond acceptors (Lipinski definition) is 2. The summed E-state index contributed by atoms with van der Waals surface area (Å²) in [6.07, 6.45) is 0. The summed E-state index contributed by atoms with van der Waals surface area (Å²) in [6, 6.07) is 14.2. The van der Waals surface area contributed by atoms with E-state index >= 15 is 0 Å². The topological polar surface area (TPSA) is 18.5 Å². The minimum Gasteiger partial charge on any atom is -0.457 e. The van der Waals surface area contributed by atoms with Gasteiger partial charge in [-0.1, -0.05) is 44.4 Å². The summed E-state index contributed by atoms with van der Waals surface area (Å²) in [7, 11) is 0. The third-order valence-electron chi connectivity index (χ3n) is 3.30. The predicted molar refractivity (Wildman–Crippen MR) is 91.5 cm³/mol. The minimum atomic E-state index is 0. The van der Waals surface area contributed by atoms with Crippen molar-refractivity contribution >= 4 is 12.4 Å². The zero-order valence-corrected chi connectivity index (χ0v) is 19.6. The van der Waals surface area contributed by atoms with Crippen molar-refractivity contribution in [1.82, 2.24) is 0 Å². The third-order valence-corrected chi connectivity index (χ3v) is 3.30. The molecule has 0 N–H and O–H groups in total. The molecule has 0 atom stereocenters. The quantitative estimate of drug-likeness (QED) is 0.592. The average molecular weight is 369 g/mol. The smallest absolute Gasteiger partial charge is 0.457 e. The van der Waals surface area contributed by atoms with Crippen LogP contribution in [-0.2, 0) is 11.3 Å². The standard InChI is InChI=1S/C15H15BO2.C2H6.CH3.Rb/c1-11-3-5-13(6-4-11)18-14-7-8-15-12(9-14)10-17-16(15)2;1-2;;/h3-9H,10H2,1-2H3;1-2H3;1H3;/q;;-1;+1. The van der Waals surface area contributed by atoms with Gasteiger partial charge in [-0.15, -0.1) is 0 Å². The van der Waals surface area contributed by atoms with Crippen LogP contribution in [-0.4, -0.2) is 6.92 Å². The Morgan fingerprint density at radius 1 is 1.00 bits per heavy atom. The van der Waals surface area contributed by atoms with Crippen molar-refractivity contribution < 1.29 is 67.6 Å². The van der Waals surface area contributed by atoms with Crippen molar-refractivity contribution in [1.29, 1.82) is 0 Å². The van der Waals surface area contributed by atoms with Gasteiger partial charge in [-0.05, 0) is 42.2 Å². The molecule has 2 aromatic rings. The first-order chi connectivity index (χ1) is 9.72. The van der Waals surface area contributed by atoms with Crippen LogP contribution in [0.1, 0.15) is 25.0 Å². The van der Waals surface area contributed by atoms with Crippen LogP contribution in [0.2, 0.25) is 6.82 Å². The summed E-state index contributed by atoms with van der Waals surface area (Å²) in [5, 5.41) is 0. The molecule has 0 fully saturated rings. The van der Waals surface area contributed by atoms with E-state index < -0.39 is 0 Å². The van der Waals surface area contributed by atoms with E-state index in [1.807, 2.05) is 44.2 Å². The molecular formula is C18H24BO2Rb. The van der Waals surface area contributed by atoms with E-state index in [0.29, 0.717) is 6.61 Å². The number of fused-ring (bicyclic) bond motifs is 1. The van der Waals surface area contributed by atoms with E-state index in [1.165, 1.54) is 16.6 Å². The van der Waals surface area contributed by atoms with E-state index in [2.05, 4.69) is 25.9 Å². The number of ether oxygens (including phenoxy) is 1. The van der Waals surface area contributed by atoms with Crippen LogP contribution in [0.3, 0.4) is 0 Å². The summed E-state index contributed by atoms with van der Waals surface area (Å²) >= 11 is 0. The first kappa shape index (κ1) is 22.1. The molecule has 1 aliphatic heterocycles. The summed E-state index contributed by atoms with van der Waals surface area (Å²) in [5.74, 6) is 1.74. The molecule has 1 heterocycles. The molecule has 22 heavy (non-hydrogen) atoms. The molecule has 0 unspecified atom stereocenters. The zero-order valence-electron chi connectivity index (χ0n) is 14.6. The molecule has 0 bridgehead atoms. The second kappa shape index (κ2) is 10.8. The number of aryl methyl sites for hydroxylation is 1. The van der Waals surface area contributed by atoms with Gasteiger partial charge < -0.3 is 16.8 Å². The fraction of sp³-hybridized carbons (Fsp3) is 0.278. The molecule has 0 aromatic heterocycles. The molecule has 0 aliphatic carbocycles. The molecule has 2 nitrogen and oxygen atoms in total. The summed E-state index contributed by atoms with van der Waals surface area (Å²) in [6.45, 7) is 9.03. The molecule has 0 saturated heterocycles. The molecule has 3 rings (SSSR count). The van der Waals surface area contributed by atoms with Crippen molar-refractivity contribution in [2.75, 3.05) is 0 Å². The number of benzene rings is 2. The molecule has 2 aromatic carbocycles. The van der Waals surface area contributed by atoms with Crippen LogP contribution in [0.15, 0.2) is 42.5 Å². The molecule has 4 heteroatoms. The van der Waals surface area contributed by atoms with Crippen LogP contribution in [0.4, 0.5) is 0 Å². The Morgan fingerprint density at radius 2 is 1.59 bits per heavy atom. The third kappa shape index (κ3) is 5.61. The van der Waals surface area contributed by atoms with Crippen molar-refractivity contribution in [2.24, 2.45) is 0 Å². The van der Waals surface area contributed by atoms with E-state index in [4.69, 9.17) is 9.39 Å². The number of rotatable bonds is 2. The Bertz CT molecular complexity index is 570. The van der Waals surface area contributed by atoms with E-state index in [9.17, 15) is 0 Å². The van der Waals surface area contributed by atoms with Crippen molar-refractivity contribution in [3.8, 4) is 11.5 Å². The van der Waals surface area contributed by atoms with Gasteiger partial charge in [-0.3, -0.25) is 0 Å². The zero-order chi connectivity index (χ0) is 14.5. The van der Waals surface area contributed by atoms with Crippen molar-refractivity contribution in [3.05, 3.63) is 61.0 Å². The van der Waals surface area contributed by atoms with Crippen molar-refractivity contribution in [2.45, 2.75) is 34.2 Å². The average Bonchev–Trinajstić information content (AvgIpc) is 2.85. The normalized spacial score (nSPS) is 11.4. The first-order valence-corrected chi connectivity index (χ1v) is 7.21. The van der Waals surface area contributed by atoms with Gasteiger partial charge in [-0.25, -0.2) is 0 Å². The summed E-state index contributed by atoms with van der Waals surface area (Å²) in [5.41, 5.74) is 3.73. The first-order valence-electron chi connectivity index (χ1n) is 7.21. The van der Waals surface area contributed by atoms with Gasteiger partial charge >= 0.3 is 65.1 Å². The second-order valence-corrected chi connectivity index (χ2v) is 4.73. The molecule has 1 aliphatic rings. The molecule has 0 saturated carbocycles. The second-order valence-electron chi connectivity index (χ2n) is 4.73.